The largest absolute Gasteiger partial charge is 0.334 e. The summed E-state index contributed by atoms with van der Waals surface area (Å²) in [5, 5.41) is 15.0. The van der Waals surface area contributed by atoms with Gasteiger partial charge < -0.3 is 10.3 Å². The maximum Gasteiger partial charge on any atom is 0.326 e. The quantitative estimate of drug-likeness (QED) is 0.497. The van der Waals surface area contributed by atoms with Crippen LogP contribution < -0.4 is 10.6 Å². The SMILES string of the molecule is O=C(NC(=O)c1nc2ccc(F)cc2[nH]1)Nc1ccc([N+](=O)[O-])cc1. The number of anilines is 1. The molecule has 0 saturated heterocycles. The molecule has 0 fully saturated rings. The summed E-state index contributed by atoms with van der Waals surface area (Å²) in [7, 11) is 0. The zero-order valence-corrected chi connectivity index (χ0v) is 12.4. The zero-order chi connectivity index (χ0) is 18.0. The molecule has 3 N–H and O–H groups in total. The van der Waals surface area contributed by atoms with Gasteiger partial charge in [0.25, 0.3) is 11.6 Å². The van der Waals surface area contributed by atoms with Gasteiger partial charge in [0.1, 0.15) is 5.82 Å². The van der Waals surface area contributed by atoms with Crippen LogP contribution >= 0.6 is 0 Å². The summed E-state index contributed by atoms with van der Waals surface area (Å²) >= 11 is 0. The third kappa shape index (κ3) is 3.58. The van der Waals surface area contributed by atoms with Gasteiger partial charge >= 0.3 is 6.03 Å². The number of nitro groups is 1. The molecule has 0 aliphatic carbocycles. The summed E-state index contributed by atoms with van der Waals surface area (Å²) in [6.45, 7) is 0. The van der Waals surface area contributed by atoms with Gasteiger partial charge in [-0.1, -0.05) is 0 Å². The van der Waals surface area contributed by atoms with E-state index in [-0.39, 0.29) is 17.2 Å². The molecule has 25 heavy (non-hydrogen) atoms. The van der Waals surface area contributed by atoms with E-state index in [1.54, 1.807) is 0 Å². The summed E-state index contributed by atoms with van der Waals surface area (Å²) in [6.07, 6.45) is 0. The summed E-state index contributed by atoms with van der Waals surface area (Å²) in [5.41, 5.74) is 0.836. The molecule has 3 rings (SSSR count). The molecular weight excluding hydrogens is 333 g/mol. The van der Waals surface area contributed by atoms with E-state index < -0.39 is 22.7 Å². The topological polar surface area (TPSA) is 130 Å². The standard InChI is InChI=1S/C15H10FN5O4/c16-8-1-6-11-12(7-8)19-13(18-11)14(22)20-15(23)17-9-2-4-10(5-3-9)21(24)25/h1-7H,(H,18,19)(H2,17,20,22,23). The third-order valence-electron chi connectivity index (χ3n) is 3.22. The van der Waals surface area contributed by atoms with Crippen molar-refractivity contribution >= 4 is 34.3 Å². The van der Waals surface area contributed by atoms with Gasteiger partial charge in [-0.3, -0.25) is 20.2 Å². The fourth-order valence-corrected chi connectivity index (χ4v) is 2.08. The van der Waals surface area contributed by atoms with E-state index in [4.69, 9.17) is 0 Å². The van der Waals surface area contributed by atoms with Crippen molar-refractivity contribution in [3.8, 4) is 0 Å². The number of aromatic nitrogens is 2. The highest BCUT2D eigenvalue weighted by Gasteiger charge is 2.15. The highest BCUT2D eigenvalue weighted by Crippen LogP contribution is 2.15. The second kappa shape index (κ2) is 6.35. The first-order chi connectivity index (χ1) is 11.9. The number of amides is 3. The van der Waals surface area contributed by atoms with Crippen LogP contribution in [0.25, 0.3) is 11.0 Å². The Balaban J connectivity index is 1.67. The van der Waals surface area contributed by atoms with Gasteiger partial charge in [-0.15, -0.1) is 0 Å². The molecular formula is C15H10FN5O4. The van der Waals surface area contributed by atoms with Crippen LogP contribution in [0.1, 0.15) is 10.6 Å². The number of fused-ring (bicyclic) bond motifs is 1. The third-order valence-corrected chi connectivity index (χ3v) is 3.22. The Hall–Kier alpha value is -3.82. The molecule has 2 aromatic carbocycles. The van der Waals surface area contributed by atoms with Crippen molar-refractivity contribution in [2.75, 3.05) is 5.32 Å². The number of carbonyl (C=O) groups is 2. The van der Waals surface area contributed by atoms with Crippen LogP contribution in [-0.2, 0) is 0 Å². The number of nitro benzene ring substituents is 1. The Bertz CT molecular complexity index is 983. The van der Waals surface area contributed by atoms with E-state index in [1.165, 1.54) is 42.5 Å². The number of urea groups is 1. The number of imidazole rings is 1. The number of nitrogens with one attached hydrogen (secondary N) is 3. The monoisotopic (exact) mass is 343 g/mol. The molecule has 0 bridgehead atoms. The first-order valence-corrected chi connectivity index (χ1v) is 6.94. The minimum atomic E-state index is -0.842. The molecule has 9 nitrogen and oxygen atoms in total. The summed E-state index contributed by atoms with van der Waals surface area (Å²) in [6, 6.07) is 8.01. The van der Waals surface area contributed by atoms with Crippen LogP contribution in [0.5, 0.6) is 0 Å². The fourth-order valence-electron chi connectivity index (χ4n) is 2.08. The summed E-state index contributed by atoms with van der Waals surface area (Å²) < 4.78 is 13.1. The number of H-pyrrole nitrogens is 1. The lowest BCUT2D eigenvalue weighted by Gasteiger charge is -2.05. The highest BCUT2D eigenvalue weighted by atomic mass is 19.1. The number of rotatable bonds is 3. The molecule has 0 atom stereocenters. The van der Waals surface area contributed by atoms with Crippen molar-refractivity contribution in [3.63, 3.8) is 0 Å². The Labute approximate surface area is 139 Å². The molecule has 3 amide bonds. The second-order valence-electron chi connectivity index (χ2n) is 4.96. The van der Waals surface area contributed by atoms with Gasteiger partial charge in [0.15, 0.2) is 5.82 Å². The van der Waals surface area contributed by atoms with E-state index in [0.29, 0.717) is 11.0 Å². The number of hydrogen-bond acceptors (Lipinski definition) is 5. The highest BCUT2D eigenvalue weighted by molar-refractivity contribution is 6.07. The van der Waals surface area contributed by atoms with Gasteiger partial charge in [0.05, 0.1) is 16.0 Å². The van der Waals surface area contributed by atoms with E-state index >= 15 is 0 Å². The molecule has 1 aromatic heterocycles. The van der Waals surface area contributed by atoms with Crippen molar-refractivity contribution in [3.05, 3.63) is 64.2 Å². The smallest absolute Gasteiger partial charge is 0.326 e. The Morgan fingerprint density at radius 2 is 1.88 bits per heavy atom. The molecule has 3 aromatic rings. The zero-order valence-electron chi connectivity index (χ0n) is 12.4. The molecule has 0 saturated carbocycles. The van der Waals surface area contributed by atoms with Gasteiger partial charge in [-0.2, -0.15) is 0 Å². The van der Waals surface area contributed by atoms with Crippen LogP contribution in [0.15, 0.2) is 42.5 Å². The van der Waals surface area contributed by atoms with E-state index in [9.17, 15) is 24.1 Å². The van der Waals surface area contributed by atoms with E-state index in [0.717, 1.165) is 0 Å². The molecule has 1 heterocycles. The number of benzene rings is 2. The van der Waals surface area contributed by atoms with Gasteiger partial charge in [-0.05, 0) is 30.3 Å². The lowest BCUT2D eigenvalue weighted by atomic mass is 10.3. The average molecular weight is 343 g/mol. The lowest BCUT2D eigenvalue weighted by Crippen LogP contribution is -2.34. The van der Waals surface area contributed by atoms with Crippen molar-refractivity contribution in [2.24, 2.45) is 0 Å². The van der Waals surface area contributed by atoms with Gasteiger partial charge in [0, 0.05) is 17.8 Å². The molecule has 0 spiro atoms. The molecule has 0 radical (unpaired) electrons. The number of non-ortho nitro benzene ring substituents is 1. The van der Waals surface area contributed by atoms with Crippen LogP contribution in [0, 0.1) is 15.9 Å². The van der Waals surface area contributed by atoms with Gasteiger partial charge in [0.2, 0.25) is 0 Å². The minimum absolute atomic E-state index is 0.128. The Morgan fingerprint density at radius 1 is 1.16 bits per heavy atom. The number of hydrogen-bond donors (Lipinski definition) is 3. The summed E-state index contributed by atoms with van der Waals surface area (Å²) in [5.74, 6) is -1.45. The van der Waals surface area contributed by atoms with Crippen LogP contribution in [0.2, 0.25) is 0 Å². The van der Waals surface area contributed by atoms with Crippen LogP contribution in [0.4, 0.5) is 20.6 Å². The maximum absolute atomic E-state index is 13.1. The number of imide groups is 1. The van der Waals surface area contributed by atoms with Crippen molar-refractivity contribution < 1.29 is 18.9 Å². The number of halogens is 1. The molecule has 126 valence electrons. The second-order valence-corrected chi connectivity index (χ2v) is 4.96. The lowest BCUT2D eigenvalue weighted by molar-refractivity contribution is -0.384. The fraction of sp³-hybridized carbons (Fsp3) is 0. The van der Waals surface area contributed by atoms with Crippen molar-refractivity contribution in [1.82, 2.24) is 15.3 Å². The average Bonchev–Trinajstić information content (AvgIpc) is 2.98. The van der Waals surface area contributed by atoms with Crippen LogP contribution in [0.3, 0.4) is 0 Å². The predicted molar refractivity (Wildman–Crippen MR) is 85.6 cm³/mol. The number of nitrogens with zero attached hydrogens (tertiary/aromatic N) is 2. The maximum atomic E-state index is 13.1. The van der Waals surface area contributed by atoms with Crippen molar-refractivity contribution in [1.29, 1.82) is 0 Å². The van der Waals surface area contributed by atoms with Gasteiger partial charge in [-0.25, -0.2) is 14.2 Å². The summed E-state index contributed by atoms with van der Waals surface area (Å²) in [4.78, 5) is 40.4. The number of carbonyl (C=O) groups excluding carboxylic acids is 2. The predicted octanol–water partition coefficient (Wildman–Crippen LogP) is 2.57. The van der Waals surface area contributed by atoms with Crippen molar-refractivity contribution in [2.45, 2.75) is 0 Å². The molecule has 10 heteroatoms. The van der Waals surface area contributed by atoms with Crippen LogP contribution in [-0.4, -0.2) is 26.8 Å². The Kier molecular flexibility index (Phi) is 4.08. The molecule has 0 unspecified atom stereocenters. The minimum Gasteiger partial charge on any atom is -0.334 e. The van der Waals surface area contributed by atoms with E-state index in [1.807, 2.05) is 5.32 Å². The molecule has 0 aliphatic heterocycles. The number of aromatic amines is 1. The first-order valence-electron chi connectivity index (χ1n) is 6.94. The first kappa shape index (κ1) is 16.1. The Morgan fingerprint density at radius 3 is 2.56 bits per heavy atom. The molecule has 0 aliphatic rings. The normalized spacial score (nSPS) is 10.4. The van der Waals surface area contributed by atoms with E-state index in [2.05, 4.69) is 15.3 Å².